The molecule has 0 unspecified atom stereocenters. The lowest BCUT2D eigenvalue weighted by Gasteiger charge is -2.13. The first kappa shape index (κ1) is 30.5. The number of hydrogen-bond acceptors (Lipinski definition) is 8. The SMILES string of the molecule is O=C(O)c1ccc([N+](=O)[O-])cc1.c1ccc(-n2c(-c3ccc(-c4ccncc4)c4nsnc34)nc3c4ccccc4c4ccccc4c32)cc1. The summed E-state index contributed by atoms with van der Waals surface area (Å²) >= 11 is 1.23. The van der Waals surface area contributed by atoms with Crippen molar-refractivity contribution < 1.29 is 14.8 Å². The highest BCUT2D eigenvalue weighted by Crippen LogP contribution is 2.41. The van der Waals surface area contributed by atoms with Crippen LogP contribution in [-0.4, -0.2) is 39.3 Å². The molecule has 10 nitrogen and oxygen atoms in total. The molecular formula is C39H24N6O4S. The maximum absolute atomic E-state index is 10.3. The molecule has 0 saturated heterocycles. The van der Waals surface area contributed by atoms with Gasteiger partial charge in [-0.25, -0.2) is 9.78 Å². The molecule has 0 bridgehead atoms. The summed E-state index contributed by atoms with van der Waals surface area (Å²) in [7, 11) is 0. The second-order valence-electron chi connectivity index (χ2n) is 11.4. The Morgan fingerprint density at radius 1 is 0.660 bits per heavy atom. The minimum absolute atomic E-state index is 0.0422. The van der Waals surface area contributed by atoms with E-state index in [1.807, 2.05) is 18.2 Å². The molecule has 0 fully saturated rings. The summed E-state index contributed by atoms with van der Waals surface area (Å²) in [5.41, 5.74) is 7.85. The molecule has 6 aromatic carbocycles. The Morgan fingerprint density at radius 2 is 1.24 bits per heavy atom. The van der Waals surface area contributed by atoms with Gasteiger partial charge in [0.05, 0.1) is 33.2 Å². The number of aromatic carboxylic acids is 1. The second kappa shape index (κ2) is 12.6. The number of para-hydroxylation sites is 1. The molecule has 0 saturated carbocycles. The number of benzene rings is 6. The molecule has 0 aliphatic rings. The number of rotatable bonds is 5. The molecule has 0 aliphatic carbocycles. The first-order chi connectivity index (χ1) is 24.5. The lowest BCUT2D eigenvalue weighted by atomic mass is 10.00. The molecule has 0 radical (unpaired) electrons. The molecule has 0 amide bonds. The van der Waals surface area contributed by atoms with Crippen molar-refractivity contribution in [2.45, 2.75) is 0 Å². The van der Waals surface area contributed by atoms with Crippen LogP contribution in [-0.2, 0) is 0 Å². The van der Waals surface area contributed by atoms with Gasteiger partial charge in [0.25, 0.3) is 5.69 Å². The average molecular weight is 673 g/mol. The number of hydrogen-bond donors (Lipinski definition) is 1. The van der Waals surface area contributed by atoms with E-state index < -0.39 is 10.9 Å². The van der Waals surface area contributed by atoms with E-state index in [2.05, 4.69) is 94.5 Å². The number of carboxylic acids is 1. The largest absolute Gasteiger partial charge is 0.478 e. The minimum atomic E-state index is -1.09. The number of nitrogens with zero attached hydrogens (tertiary/aromatic N) is 6. The summed E-state index contributed by atoms with van der Waals surface area (Å²) in [5.74, 6) is -0.239. The van der Waals surface area contributed by atoms with E-state index >= 15 is 0 Å². The fourth-order valence-corrected chi connectivity index (χ4v) is 6.83. The Balaban J connectivity index is 0.000000257. The third kappa shape index (κ3) is 5.27. The summed E-state index contributed by atoms with van der Waals surface area (Å²) in [6, 6.07) is 40.6. The van der Waals surface area contributed by atoms with E-state index in [1.165, 1.54) is 40.0 Å². The summed E-state index contributed by atoms with van der Waals surface area (Å²) in [6.07, 6.45) is 3.61. The highest BCUT2D eigenvalue weighted by atomic mass is 32.1. The number of nitro benzene ring substituents is 1. The predicted molar refractivity (Wildman–Crippen MR) is 196 cm³/mol. The fraction of sp³-hybridized carbons (Fsp3) is 0. The Morgan fingerprint density at radius 3 is 1.90 bits per heavy atom. The van der Waals surface area contributed by atoms with Crippen LogP contribution in [0.4, 0.5) is 5.69 Å². The quantitative estimate of drug-likeness (QED) is 0.108. The van der Waals surface area contributed by atoms with E-state index in [9.17, 15) is 14.9 Å². The molecular weight excluding hydrogens is 649 g/mol. The summed E-state index contributed by atoms with van der Waals surface area (Å²) in [5, 5.41) is 23.3. The maximum Gasteiger partial charge on any atom is 0.335 e. The first-order valence-electron chi connectivity index (χ1n) is 15.5. The minimum Gasteiger partial charge on any atom is -0.478 e. The van der Waals surface area contributed by atoms with Gasteiger partial charge in [0.2, 0.25) is 0 Å². The van der Waals surface area contributed by atoms with E-state index in [4.69, 9.17) is 18.8 Å². The molecule has 3 heterocycles. The number of carboxylic acid groups (broad SMARTS) is 1. The number of carbonyl (C=O) groups is 1. The zero-order chi connectivity index (χ0) is 34.2. The van der Waals surface area contributed by atoms with Gasteiger partial charge in [0, 0.05) is 52.1 Å². The second-order valence-corrected chi connectivity index (χ2v) is 11.9. The van der Waals surface area contributed by atoms with Gasteiger partial charge >= 0.3 is 5.97 Å². The molecule has 1 N–H and O–H groups in total. The zero-order valence-corrected chi connectivity index (χ0v) is 26.9. The van der Waals surface area contributed by atoms with Gasteiger partial charge in [-0.05, 0) is 58.8 Å². The predicted octanol–water partition coefficient (Wildman–Crippen LogP) is 9.36. The van der Waals surface area contributed by atoms with Crippen molar-refractivity contribution in [3.63, 3.8) is 0 Å². The van der Waals surface area contributed by atoms with Crippen molar-refractivity contribution in [2.24, 2.45) is 0 Å². The van der Waals surface area contributed by atoms with Crippen molar-refractivity contribution in [3.05, 3.63) is 155 Å². The summed E-state index contributed by atoms with van der Waals surface area (Å²) in [4.78, 5) is 29.4. The number of non-ortho nitro benzene ring substituents is 1. The Labute approximate surface area is 288 Å². The molecule has 50 heavy (non-hydrogen) atoms. The van der Waals surface area contributed by atoms with E-state index in [1.54, 1.807) is 12.4 Å². The summed E-state index contributed by atoms with van der Waals surface area (Å²) in [6.45, 7) is 0. The number of fused-ring (bicyclic) bond motifs is 7. The van der Waals surface area contributed by atoms with Crippen LogP contribution in [0, 0.1) is 10.1 Å². The number of imidazole rings is 1. The Hall–Kier alpha value is -6.85. The van der Waals surface area contributed by atoms with Crippen LogP contribution in [0.5, 0.6) is 0 Å². The standard InChI is InChI=1S/C32H19N5S.C7H5NO4/c1-2-8-21(9-3-1)37-31-26-13-7-5-11-24(26)23-10-4-6-12-25(23)30(31)34-32(37)27-15-14-22(20-16-18-33-19-17-20)28-29(27)36-38-35-28;9-7(10)5-1-3-6(4-2-5)8(11)12/h1-19H;1-4H,(H,9,10). The van der Waals surface area contributed by atoms with Gasteiger partial charge in [-0.15, -0.1) is 0 Å². The third-order valence-electron chi connectivity index (χ3n) is 8.52. The smallest absolute Gasteiger partial charge is 0.335 e. The van der Waals surface area contributed by atoms with Crippen molar-refractivity contribution in [3.8, 4) is 28.2 Å². The van der Waals surface area contributed by atoms with Crippen molar-refractivity contribution in [1.82, 2.24) is 23.3 Å². The lowest BCUT2D eigenvalue weighted by molar-refractivity contribution is -0.384. The van der Waals surface area contributed by atoms with Gasteiger partial charge in [-0.1, -0.05) is 72.8 Å². The van der Waals surface area contributed by atoms with Gasteiger partial charge < -0.3 is 5.11 Å². The van der Waals surface area contributed by atoms with E-state index in [0.717, 1.165) is 67.8 Å². The third-order valence-corrected chi connectivity index (χ3v) is 9.05. The Kier molecular flexibility index (Phi) is 7.70. The highest BCUT2D eigenvalue weighted by Gasteiger charge is 2.23. The zero-order valence-electron chi connectivity index (χ0n) is 26.0. The van der Waals surface area contributed by atoms with Crippen LogP contribution in [0.15, 0.2) is 140 Å². The van der Waals surface area contributed by atoms with Gasteiger partial charge in [0.1, 0.15) is 16.9 Å². The molecule has 0 aliphatic heterocycles. The molecule has 0 atom stereocenters. The van der Waals surface area contributed by atoms with E-state index in [0.29, 0.717) is 0 Å². The normalized spacial score (nSPS) is 11.1. The fourth-order valence-electron chi connectivity index (χ4n) is 6.25. The summed E-state index contributed by atoms with van der Waals surface area (Å²) < 4.78 is 11.8. The number of aromatic nitrogens is 5. The highest BCUT2D eigenvalue weighted by molar-refractivity contribution is 7.00. The van der Waals surface area contributed by atoms with Gasteiger partial charge in [-0.3, -0.25) is 19.7 Å². The monoisotopic (exact) mass is 672 g/mol. The van der Waals surface area contributed by atoms with Crippen molar-refractivity contribution >= 4 is 67.0 Å². The van der Waals surface area contributed by atoms with Crippen LogP contribution in [0.2, 0.25) is 0 Å². The number of pyridine rings is 1. The van der Waals surface area contributed by atoms with Gasteiger partial charge in [0.15, 0.2) is 0 Å². The van der Waals surface area contributed by atoms with Crippen molar-refractivity contribution in [2.75, 3.05) is 0 Å². The lowest BCUT2D eigenvalue weighted by Crippen LogP contribution is -1.99. The molecule has 11 heteroatoms. The van der Waals surface area contributed by atoms with Crippen LogP contribution >= 0.6 is 11.7 Å². The molecule has 3 aromatic heterocycles. The van der Waals surface area contributed by atoms with Gasteiger partial charge in [-0.2, -0.15) is 8.75 Å². The first-order valence-corrected chi connectivity index (χ1v) is 16.2. The molecule has 9 rings (SSSR count). The topological polar surface area (TPSA) is 137 Å². The molecule has 0 spiro atoms. The van der Waals surface area contributed by atoms with Crippen LogP contribution in [0.3, 0.4) is 0 Å². The van der Waals surface area contributed by atoms with E-state index in [-0.39, 0.29) is 11.3 Å². The number of nitro groups is 1. The van der Waals surface area contributed by atoms with Crippen LogP contribution < -0.4 is 0 Å². The maximum atomic E-state index is 10.3. The molecule has 240 valence electrons. The van der Waals surface area contributed by atoms with Crippen molar-refractivity contribution in [1.29, 1.82) is 0 Å². The molecule has 9 aromatic rings. The van der Waals surface area contributed by atoms with Crippen LogP contribution in [0.25, 0.3) is 71.8 Å². The van der Waals surface area contributed by atoms with Crippen LogP contribution in [0.1, 0.15) is 10.4 Å². The Bertz CT molecular complexity index is 2680. The average Bonchev–Trinajstić information content (AvgIpc) is 3.82.